The summed E-state index contributed by atoms with van der Waals surface area (Å²) in [6.07, 6.45) is -3.36. The maximum absolute atomic E-state index is 13.3. The van der Waals surface area contributed by atoms with E-state index in [4.69, 9.17) is 14.2 Å². The normalized spacial score (nSPS) is 27.1. The second-order valence-electron chi connectivity index (χ2n) is 11.8. The van der Waals surface area contributed by atoms with Crippen molar-refractivity contribution in [3.05, 3.63) is 108 Å². The zero-order valence-corrected chi connectivity index (χ0v) is 24.3. The number of halogens is 3. The molecule has 0 radical (unpaired) electrons. The van der Waals surface area contributed by atoms with Crippen LogP contribution in [0.25, 0.3) is 0 Å². The Morgan fingerprint density at radius 1 is 0.643 bits per heavy atom. The quantitative estimate of drug-likeness (QED) is 0.231. The van der Waals surface area contributed by atoms with Crippen LogP contribution in [0.3, 0.4) is 0 Å². The van der Waals surface area contributed by atoms with E-state index in [9.17, 15) is 13.2 Å². The highest BCUT2D eigenvalue weighted by Crippen LogP contribution is 2.40. The molecule has 1 heterocycles. The molecule has 7 heteroatoms. The summed E-state index contributed by atoms with van der Waals surface area (Å²) in [4.78, 5) is 2.37. The molecule has 226 valence electrons. The third-order valence-corrected chi connectivity index (χ3v) is 8.84. The predicted molar refractivity (Wildman–Crippen MR) is 158 cm³/mol. The van der Waals surface area contributed by atoms with Crippen LogP contribution in [-0.2, 0) is 34.0 Å². The third-order valence-electron chi connectivity index (χ3n) is 8.84. The molecule has 0 unspecified atom stereocenters. The molecule has 1 saturated heterocycles. The number of likely N-dealkylation sites (tertiary alicyclic amines) is 1. The van der Waals surface area contributed by atoms with Crippen molar-refractivity contribution in [3.8, 4) is 0 Å². The summed E-state index contributed by atoms with van der Waals surface area (Å²) >= 11 is 0. The standard InChI is InChI=1S/C35H42F3NO3/c1-26-33(41-24-29-13-7-3-8-14-29)34(42-25-30-15-9-4-10-16-30)32(40-23-28-11-5-2-6-12-28)22-39(26)21-27-17-19-31(20-18-27)35(36,37)38/h2-16,26-27,31-34H,17-25H2,1H3/t26-,27?,31?,32+,33-,34-/m1/s1. The van der Waals surface area contributed by atoms with Gasteiger partial charge in [-0.1, -0.05) is 91.0 Å². The molecule has 1 aliphatic heterocycles. The third kappa shape index (κ3) is 8.44. The van der Waals surface area contributed by atoms with Crippen LogP contribution in [0.5, 0.6) is 0 Å². The van der Waals surface area contributed by atoms with Crippen LogP contribution in [0.1, 0.15) is 49.3 Å². The first-order valence-corrected chi connectivity index (χ1v) is 15.1. The van der Waals surface area contributed by atoms with Crippen molar-refractivity contribution in [1.29, 1.82) is 0 Å². The number of piperidine rings is 1. The van der Waals surface area contributed by atoms with Gasteiger partial charge in [0.1, 0.15) is 12.2 Å². The van der Waals surface area contributed by atoms with E-state index in [0.29, 0.717) is 39.2 Å². The van der Waals surface area contributed by atoms with Gasteiger partial charge in [0, 0.05) is 19.1 Å². The van der Waals surface area contributed by atoms with Gasteiger partial charge >= 0.3 is 6.18 Å². The first kappa shape index (κ1) is 30.7. The van der Waals surface area contributed by atoms with E-state index in [1.54, 1.807) is 0 Å². The Bertz CT molecular complexity index is 1190. The molecule has 1 aliphatic carbocycles. The average molecular weight is 582 g/mol. The number of ether oxygens (including phenoxy) is 3. The molecule has 3 aromatic carbocycles. The number of hydrogen-bond acceptors (Lipinski definition) is 4. The van der Waals surface area contributed by atoms with Gasteiger partial charge in [-0.2, -0.15) is 13.2 Å². The van der Waals surface area contributed by atoms with Crippen LogP contribution in [0, 0.1) is 11.8 Å². The van der Waals surface area contributed by atoms with E-state index in [2.05, 4.69) is 24.0 Å². The highest BCUT2D eigenvalue weighted by molar-refractivity contribution is 5.16. The van der Waals surface area contributed by atoms with E-state index in [1.165, 1.54) is 0 Å². The highest BCUT2D eigenvalue weighted by atomic mass is 19.4. The summed E-state index contributed by atoms with van der Waals surface area (Å²) in [5.41, 5.74) is 3.24. The van der Waals surface area contributed by atoms with E-state index >= 15 is 0 Å². The fourth-order valence-corrected chi connectivity index (χ4v) is 6.33. The summed E-state index contributed by atoms with van der Waals surface area (Å²) in [5, 5.41) is 0. The van der Waals surface area contributed by atoms with Gasteiger partial charge in [0.15, 0.2) is 0 Å². The number of alkyl halides is 3. The molecule has 1 saturated carbocycles. The second kappa shape index (κ2) is 14.6. The van der Waals surface area contributed by atoms with Gasteiger partial charge in [-0.3, -0.25) is 4.90 Å². The van der Waals surface area contributed by atoms with Crippen molar-refractivity contribution in [2.45, 2.75) is 83.0 Å². The summed E-state index contributed by atoms with van der Waals surface area (Å²) < 4.78 is 59.8. The van der Waals surface area contributed by atoms with Gasteiger partial charge in [0.25, 0.3) is 0 Å². The lowest BCUT2D eigenvalue weighted by Gasteiger charge is -2.48. The number of hydrogen-bond donors (Lipinski definition) is 0. The Balaban J connectivity index is 1.34. The fourth-order valence-electron chi connectivity index (χ4n) is 6.33. The Hall–Kier alpha value is -2.71. The van der Waals surface area contributed by atoms with Gasteiger partial charge in [-0.15, -0.1) is 0 Å². The van der Waals surface area contributed by atoms with Gasteiger partial charge in [0.05, 0.1) is 31.8 Å². The Morgan fingerprint density at radius 2 is 1.10 bits per heavy atom. The highest BCUT2D eigenvalue weighted by Gasteiger charge is 2.46. The fraction of sp³-hybridized carbons (Fsp3) is 0.486. The van der Waals surface area contributed by atoms with Crippen molar-refractivity contribution in [1.82, 2.24) is 4.90 Å². The number of rotatable bonds is 11. The first-order chi connectivity index (χ1) is 20.4. The van der Waals surface area contributed by atoms with Crippen molar-refractivity contribution < 1.29 is 27.4 Å². The molecule has 0 amide bonds. The minimum atomic E-state index is -4.10. The Labute approximate surface area is 247 Å². The smallest absolute Gasteiger partial charge is 0.369 e. The zero-order chi connectivity index (χ0) is 29.4. The zero-order valence-electron chi connectivity index (χ0n) is 24.3. The number of benzene rings is 3. The van der Waals surface area contributed by atoms with Gasteiger partial charge in [-0.25, -0.2) is 0 Å². The summed E-state index contributed by atoms with van der Waals surface area (Å²) in [6.45, 7) is 4.85. The van der Waals surface area contributed by atoms with Crippen LogP contribution in [0.15, 0.2) is 91.0 Å². The monoisotopic (exact) mass is 581 g/mol. The molecule has 2 aliphatic rings. The van der Waals surface area contributed by atoms with Crippen molar-refractivity contribution in [2.75, 3.05) is 13.1 Å². The van der Waals surface area contributed by atoms with Crippen LogP contribution in [0.4, 0.5) is 13.2 Å². The molecule has 42 heavy (non-hydrogen) atoms. The average Bonchev–Trinajstić information content (AvgIpc) is 3.01. The second-order valence-corrected chi connectivity index (χ2v) is 11.8. The molecule has 0 bridgehead atoms. The molecule has 4 nitrogen and oxygen atoms in total. The summed E-state index contributed by atoms with van der Waals surface area (Å²) in [7, 11) is 0. The Morgan fingerprint density at radius 3 is 1.57 bits per heavy atom. The van der Waals surface area contributed by atoms with Gasteiger partial charge < -0.3 is 14.2 Å². The maximum Gasteiger partial charge on any atom is 0.391 e. The summed E-state index contributed by atoms with van der Waals surface area (Å²) in [5.74, 6) is -0.954. The topological polar surface area (TPSA) is 30.9 Å². The van der Waals surface area contributed by atoms with E-state index in [0.717, 1.165) is 23.2 Å². The molecule has 5 rings (SSSR count). The maximum atomic E-state index is 13.3. The van der Waals surface area contributed by atoms with E-state index in [-0.39, 0.29) is 43.1 Å². The Kier molecular flexibility index (Phi) is 10.7. The van der Waals surface area contributed by atoms with Crippen LogP contribution in [-0.4, -0.2) is 48.5 Å². The molecule has 0 aromatic heterocycles. The van der Waals surface area contributed by atoms with Gasteiger partial charge in [0.2, 0.25) is 0 Å². The van der Waals surface area contributed by atoms with Crippen LogP contribution >= 0.6 is 0 Å². The predicted octanol–water partition coefficient (Wildman–Crippen LogP) is 7.82. The SMILES string of the molecule is C[C@@H]1[C@@H](OCc2ccccc2)[C@H](OCc2ccccc2)[C@@H](OCc2ccccc2)CN1CC1CCC(C(F)(F)F)CC1. The van der Waals surface area contributed by atoms with E-state index in [1.807, 2.05) is 78.9 Å². The summed E-state index contributed by atoms with van der Waals surface area (Å²) in [6, 6.07) is 30.3. The lowest BCUT2D eigenvalue weighted by molar-refractivity contribution is -0.204. The first-order valence-electron chi connectivity index (χ1n) is 15.1. The van der Waals surface area contributed by atoms with Crippen LogP contribution in [0.2, 0.25) is 0 Å². The minimum Gasteiger partial charge on any atom is -0.369 e. The lowest BCUT2D eigenvalue weighted by Crippen LogP contribution is -2.63. The lowest BCUT2D eigenvalue weighted by atomic mass is 9.80. The molecule has 3 aromatic rings. The molecular formula is C35H42F3NO3. The van der Waals surface area contributed by atoms with Crippen molar-refractivity contribution in [3.63, 3.8) is 0 Å². The largest absolute Gasteiger partial charge is 0.391 e. The van der Waals surface area contributed by atoms with Crippen molar-refractivity contribution >= 4 is 0 Å². The molecule has 4 atom stereocenters. The van der Waals surface area contributed by atoms with Crippen LogP contribution < -0.4 is 0 Å². The number of nitrogens with zero attached hydrogens (tertiary/aromatic N) is 1. The van der Waals surface area contributed by atoms with Gasteiger partial charge in [-0.05, 0) is 55.2 Å². The molecule has 0 spiro atoms. The molecule has 2 fully saturated rings. The van der Waals surface area contributed by atoms with Crippen molar-refractivity contribution in [2.24, 2.45) is 11.8 Å². The molecular weight excluding hydrogens is 539 g/mol. The molecule has 0 N–H and O–H groups in total. The van der Waals surface area contributed by atoms with E-state index < -0.39 is 12.1 Å². The minimum absolute atomic E-state index is 0.00593.